The average molecular weight is 761 g/mol. The average Bonchev–Trinajstić information content (AvgIpc) is 3.30. The monoisotopic (exact) mass is 758 g/mol. The van der Waals surface area contributed by atoms with Crippen LogP contribution in [0.15, 0.2) is 0 Å². The van der Waals surface area contributed by atoms with Gasteiger partial charge in [-0.05, 0) is 99.7 Å². The van der Waals surface area contributed by atoms with E-state index < -0.39 is 0 Å². The van der Waals surface area contributed by atoms with E-state index in [2.05, 4.69) is 27.9 Å². The van der Waals surface area contributed by atoms with Gasteiger partial charge in [0.1, 0.15) is 12.1 Å². The van der Waals surface area contributed by atoms with Gasteiger partial charge in [-0.1, -0.05) is 27.7 Å². The third kappa shape index (κ3) is 6.59. The third-order valence-corrected chi connectivity index (χ3v) is 15.0. The van der Waals surface area contributed by atoms with E-state index in [1.165, 1.54) is 103 Å². The lowest BCUT2D eigenvalue weighted by molar-refractivity contribution is -0.943. The molecule has 0 aromatic carbocycles. The zero-order chi connectivity index (χ0) is 30.6. The van der Waals surface area contributed by atoms with E-state index in [4.69, 9.17) is 9.47 Å². The van der Waals surface area contributed by atoms with Gasteiger partial charge in [-0.2, -0.15) is 0 Å². The van der Waals surface area contributed by atoms with Crippen LogP contribution >= 0.6 is 0 Å². The summed E-state index contributed by atoms with van der Waals surface area (Å²) in [4.78, 5) is 25.6. The van der Waals surface area contributed by atoms with E-state index >= 15 is 0 Å². The highest BCUT2D eigenvalue weighted by Gasteiger charge is 2.68. The summed E-state index contributed by atoms with van der Waals surface area (Å²) in [5.74, 6) is 2.69. The number of halogens is 2. The molecule has 2 aliphatic heterocycles. The molecule has 2 unspecified atom stereocenters. The Labute approximate surface area is 295 Å². The van der Waals surface area contributed by atoms with Crippen molar-refractivity contribution in [2.75, 3.05) is 40.3 Å². The molecular weight excluding hydrogens is 696 g/mol. The number of hydrogen-bond donors (Lipinski definition) is 0. The van der Waals surface area contributed by atoms with Crippen LogP contribution in [0.1, 0.15) is 124 Å². The lowest BCUT2D eigenvalue weighted by atomic mass is 9.44. The van der Waals surface area contributed by atoms with Crippen molar-refractivity contribution in [3.8, 4) is 0 Å². The van der Waals surface area contributed by atoms with Crippen LogP contribution < -0.4 is 34.0 Å². The van der Waals surface area contributed by atoms with E-state index in [0.29, 0.717) is 48.1 Å². The first kappa shape index (κ1) is 37.6. The van der Waals surface area contributed by atoms with Crippen molar-refractivity contribution in [1.29, 1.82) is 0 Å². The Morgan fingerprint density at radius 1 is 0.689 bits per heavy atom. The quantitative estimate of drug-likeness (QED) is 0.299. The van der Waals surface area contributed by atoms with Crippen LogP contribution in [0.5, 0.6) is 0 Å². The van der Waals surface area contributed by atoms with Crippen LogP contribution in [0.3, 0.4) is 0 Å². The SMILES string of the molecule is CCC(=O)O[C@H]1C[C@@H]2CC[C@@H]3[C@H](CC[C@]4(C)[C@@H](OC(=O)CC)C([N+]5(C)CCCCC5)C[C@@H]34)[C@@]2(C)CC1[N+]1(C)CCCCC1.[Br-].[Br-]. The molecule has 0 N–H and O–H groups in total. The summed E-state index contributed by atoms with van der Waals surface area (Å²) in [7, 11) is 4.97. The molecule has 8 heteroatoms. The topological polar surface area (TPSA) is 52.6 Å². The van der Waals surface area contributed by atoms with Gasteiger partial charge in [0.25, 0.3) is 0 Å². The fourth-order valence-corrected chi connectivity index (χ4v) is 12.4. The van der Waals surface area contributed by atoms with Crippen LogP contribution in [0.2, 0.25) is 0 Å². The fourth-order valence-electron chi connectivity index (χ4n) is 12.4. The van der Waals surface area contributed by atoms with Crippen LogP contribution in [0, 0.1) is 34.5 Å². The predicted molar refractivity (Wildman–Crippen MR) is 170 cm³/mol. The minimum absolute atomic E-state index is 0. The molecule has 6 rings (SSSR count). The second kappa shape index (κ2) is 14.4. The maximum atomic E-state index is 12.9. The van der Waals surface area contributed by atoms with Gasteiger partial charge in [0, 0.05) is 31.1 Å². The largest absolute Gasteiger partial charge is 1.00 e. The summed E-state index contributed by atoms with van der Waals surface area (Å²) >= 11 is 0. The molecule has 0 aromatic rings. The minimum atomic E-state index is -0.0108. The Kier molecular flexibility index (Phi) is 12.0. The highest BCUT2D eigenvalue weighted by Crippen LogP contribution is 2.68. The molecule has 0 spiro atoms. The molecule has 2 saturated heterocycles. The predicted octanol–water partition coefficient (Wildman–Crippen LogP) is 0.899. The highest BCUT2D eigenvalue weighted by molar-refractivity contribution is 5.69. The van der Waals surface area contributed by atoms with E-state index in [-0.39, 0.29) is 63.5 Å². The van der Waals surface area contributed by atoms with Crippen molar-refractivity contribution in [1.82, 2.24) is 0 Å². The molecule has 45 heavy (non-hydrogen) atoms. The van der Waals surface area contributed by atoms with Crippen molar-refractivity contribution < 1.29 is 62.0 Å². The smallest absolute Gasteiger partial charge is 0.306 e. The molecule has 4 aliphatic carbocycles. The molecule has 2 heterocycles. The van der Waals surface area contributed by atoms with Gasteiger partial charge in [0.05, 0.1) is 40.3 Å². The second-order valence-corrected chi connectivity index (χ2v) is 17.1. The zero-order valence-electron chi connectivity index (χ0n) is 29.3. The van der Waals surface area contributed by atoms with Crippen molar-refractivity contribution >= 4 is 11.9 Å². The summed E-state index contributed by atoms with van der Waals surface area (Å²) in [6.45, 7) is 14.0. The number of carbonyl (C=O) groups is 2. The Morgan fingerprint density at radius 3 is 1.82 bits per heavy atom. The van der Waals surface area contributed by atoms with Gasteiger partial charge in [0.15, 0.2) is 12.2 Å². The molecule has 260 valence electrons. The maximum absolute atomic E-state index is 12.9. The number of quaternary nitrogens is 2. The highest BCUT2D eigenvalue weighted by atomic mass is 79.9. The Hall–Kier alpha value is -0.180. The summed E-state index contributed by atoms with van der Waals surface area (Å²) in [5, 5.41) is 0. The lowest BCUT2D eigenvalue weighted by Gasteiger charge is -2.63. The van der Waals surface area contributed by atoms with Gasteiger partial charge in [-0.25, -0.2) is 0 Å². The number of carbonyl (C=O) groups excluding carboxylic acids is 2. The van der Waals surface area contributed by atoms with Crippen LogP contribution in [-0.4, -0.2) is 85.5 Å². The normalized spacial score (nSPS) is 43.2. The van der Waals surface area contributed by atoms with Gasteiger partial charge >= 0.3 is 11.9 Å². The van der Waals surface area contributed by atoms with Crippen molar-refractivity contribution in [2.45, 2.75) is 148 Å². The zero-order valence-corrected chi connectivity index (χ0v) is 32.5. The molecule has 6 nitrogen and oxygen atoms in total. The second-order valence-electron chi connectivity index (χ2n) is 17.1. The molecule has 0 bridgehead atoms. The summed E-state index contributed by atoms with van der Waals surface area (Å²) < 4.78 is 15.1. The van der Waals surface area contributed by atoms with Gasteiger partial charge in [0.2, 0.25) is 0 Å². The van der Waals surface area contributed by atoms with E-state index in [9.17, 15) is 9.59 Å². The summed E-state index contributed by atoms with van der Waals surface area (Å²) in [6.07, 6.45) is 17.4. The van der Waals surface area contributed by atoms with Crippen LogP contribution in [-0.2, 0) is 19.1 Å². The molecule has 0 aromatic heterocycles. The number of piperidine rings is 2. The summed E-state index contributed by atoms with van der Waals surface area (Å²) in [6, 6.07) is 0.848. The van der Waals surface area contributed by atoms with Gasteiger partial charge < -0.3 is 52.4 Å². The van der Waals surface area contributed by atoms with Crippen LogP contribution in [0.4, 0.5) is 0 Å². The Bertz CT molecular complexity index is 1050. The number of nitrogens with zero attached hydrogens (tertiary/aromatic N) is 2. The van der Waals surface area contributed by atoms with Gasteiger partial charge in [-0.3, -0.25) is 9.59 Å². The molecule has 0 amide bonds. The number of fused-ring (bicyclic) bond motifs is 5. The maximum Gasteiger partial charge on any atom is 0.306 e. The first-order chi connectivity index (χ1) is 20.5. The molecule has 6 fully saturated rings. The Balaban J connectivity index is 0.00000230. The van der Waals surface area contributed by atoms with E-state index in [0.717, 1.165) is 21.3 Å². The molecular formula is C37H64Br2N2O4. The molecule has 6 aliphatic rings. The lowest BCUT2D eigenvalue weighted by Crippen LogP contribution is -3.00. The Morgan fingerprint density at radius 2 is 1.24 bits per heavy atom. The number of hydrogen-bond acceptors (Lipinski definition) is 4. The van der Waals surface area contributed by atoms with Crippen molar-refractivity contribution in [3.05, 3.63) is 0 Å². The molecule has 10 atom stereocenters. The summed E-state index contributed by atoms with van der Waals surface area (Å²) in [5.41, 5.74) is 0.372. The van der Waals surface area contributed by atoms with Crippen LogP contribution in [0.25, 0.3) is 0 Å². The third-order valence-electron chi connectivity index (χ3n) is 15.0. The van der Waals surface area contributed by atoms with Crippen molar-refractivity contribution in [2.24, 2.45) is 34.5 Å². The molecule has 0 radical (unpaired) electrons. The van der Waals surface area contributed by atoms with Crippen molar-refractivity contribution in [3.63, 3.8) is 0 Å². The minimum Gasteiger partial charge on any atom is -1.00 e. The van der Waals surface area contributed by atoms with E-state index in [1.54, 1.807) is 0 Å². The first-order valence-corrected chi connectivity index (χ1v) is 18.5. The number of rotatable bonds is 6. The number of ether oxygens (including phenoxy) is 2. The first-order valence-electron chi connectivity index (χ1n) is 18.5. The standard InChI is InChI=1S/C37H64N2O4.2BrH/c1-7-33(40)42-32-23-26-15-16-27-28(37(26,4)25-31(32)39(6)21-13-10-14-22-39)17-18-36(3)29(27)24-30(35(36)43-34(41)8-2)38(5)19-11-9-12-20-38;;/h26-32,35H,7-25H2,1-6H3;2*1H/q+2;;/p-2/t26-,27+,28-,29-,30?,31?,32-,35-,36-,37-;;/m0../s1. The van der Waals surface area contributed by atoms with E-state index in [1.807, 2.05) is 13.8 Å². The fraction of sp³-hybridized carbons (Fsp3) is 0.946. The molecule has 4 saturated carbocycles. The van der Waals surface area contributed by atoms with Gasteiger partial charge in [-0.15, -0.1) is 0 Å². The number of esters is 2. The number of likely N-dealkylation sites (tertiary alicyclic amines) is 2. The number of likely N-dealkylation sites (N-methyl/N-ethyl adjacent to an activating group) is 2.